The van der Waals surface area contributed by atoms with Crippen LogP contribution in [-0.4, -0.2) is 46.3 Å². The van der Waals surface area contributed by atoms with Crippen molar-refractivity contribution in [1.29, 1.82) is 0 Å². The quantitative estimate of drug-likeness (QED) is 0.482. The van der Waals surface area contributed by atoms with Crippen LogP contribution < -0.4 is 19.5 Å². The van der Waals surface area contributed by atoms with Crippen LogP contribution in [0.3, 0.4) is 0 Å². The second-order valence-electron chi connectivity index (χ2n) is 7.09. The summed E-state index contributed by atoms with van der Waals surface area (Å²) in [7, 11) is 4.70. The SMILES string of the molecule is COc1cc2ncnc(Nc3cc[c]c(-n4cc(C(C)C)nn4)c3)c2c(OC)c1OC. The Morgan fingerprint density at radius 1 is 1.03 bits per heavy atom. The molecule has 0 aliphatic carbocycles. The van der Waals surface area contributed by atoms with E-state index in [-0.39, 0.29) is 0 Å². The normalized spacial score (nSPS) is 11.0. The molecule has 0 saturated heterocycles. The lowest BCUT2D eigenvalue weighted by Gasteiger charge is -2.16. The van der Waals surface area contributed by atoms with Crippen molar-refractivity contribution in [2.75, 3.05) is 26.6 Å². The third kappa shape index (κ3) is 3.81. The summed E-state index contributed by atoms with van der Waals surface area (Å²) in [5, 5.41) is 12.4. The number of anilines is 2. The highest BCUT2D eigenvalue weighted by Crippen LogP contribution is 2.45. The highest BCUT2D eigenvalue weighted by atomic mass is 16.5. The Balaban J connectivity index is 1.77. The van der Waals surface area contributed by atoms with E-state index in [9.17, 15) is 0 Å². The Labute approximate surface area is 180 Å². The van der Waals surface area contributed by atoms with Gasteiger partial charge < -0.3 is 19.5 Å². The van der Waals surface area contributed by atoms with Gasteiger partial charge in [0.15, 0.2) is 11.5 Å². The first-order valence-corrected chi connectivity index (χ1v) is 9.70. The summed E-state index contributed by atoms with van der Waals surface area (Å²) in [5.74, 6) is 2.35. The summed E-state index contributed by atoms with van der Waals surface area (Å²) in [4.78, 5) is 8.79. The number of hydrogen-bond acceptors (Lipinski definition) is 8. The van der Waals surface area contributed by atoms with Gasteiger partial charge in [-0.3, -0.25) is 0 Å². The lowest BCUT2D eigenvalue weighted by molar-refractivity contribution is 0.327. The van der Waals surface area contributed by atoms with Crippen molar-refractivity contribution >= 4 is 22.4 Å². The zero-order valence-corrected chi connectivity index (χ0v) is 18.0. The Morgan fingerprint density at radius 3 is 2.52 bits per heavy atom. The molecule has 0 saturated carbocycles. The van der Waals surface area contributed by atoms with Crippen LogP contribution in [-0.2, 0) is 0 Å². The van der Waals surface area contributed by atoms with Crippen LogP contribution >= 0.6 is 0 Å². The molecule has 0 fully saturated rings. The van der Waals surface area contributed by atoms with Gasteiger partial charge in [0.05, 0.1) is 49.8 Å². The van der Waals surface area contributed by atoms with E-state index in [4.69, 9.17) is 14.2 Å². The van der Waals surface area contributed by atoms with Gasteiger partial charge in [-0.05, 0) is 18.1 Å². The van der Waals surface area contributed by atoms with Crippen molar-refractivity contribution in [2.24, 2.45) is 0 Å². The van der Waals surface area contributed by atoms with Crippen molar-refractivity contribution in [3.8, 4) is 22.9 Å². The lowest BCUT2D eigenvalue weighted by atomic mass is 10.1. The minimum absolute atomic E-state index is 0.293. The maximum atomic E-state index is 5.64. The molecular weight excluding hydrogens is 396 g/mol. The first-order chi connectivity index (χ1) is 15.0. The molecule has 1 radical (unpaired) electrons. The highest BCUT2D eigenvalue weighted by molar-refractivity contribution is 5.99. The number of ether oxygens (including phenoxy) is 3. The van der Waals surface area contributed by atoms with Crippen LogP contribution in [0.4, 0.5) is 11.5 Å². The number of fused-ring (bicyclic) bond motifs is 1. The van der Waals surface area contributed by atoms with E-state index in [1.165, 1.54) is 6.33 Å². The zero-order chi connectivity index (χ0) is 22.0. The number of hydrogen-bond donors (Lipinski definition) is 1. The molecule has 0 unspecified atom stereocenters. The van der Waals surface area contributed by atoms with E-state index < -0.39 is 0 Å². The first kappa shape index (κ1) is 20.4. The number of rotatable bonds is 7. The van der Waals surface area contributed by atoms with Crippen LogP contribution in [0.1, 0.15) is 25.5 Å². The average Bonchev–Trinajstić information content (AvgIpc) is 3.29. The van der Waals surface area contributed by atoms with Gasteiger partial charge in [-0.1, -0.05) is 25.1 Å². The van der Waals surface area contributed by atoms with Gasteiger partial charge in [0.1, 0.15) is 12.1 Å². The van der Waals surface area contributed by atoms with E-state index in [2.05, 4.69) is 45.5 Å². The van der Waals surface area contributed by atoms with Crippen molar-refractivity contribution in [2.45, 2.75) is 19.8 Å². The number of nitrogens with zero attached hydrogens (tertiary/aromatic N) is 5. The van der Waals surface area contributed by atoms with Gasteiger partial charge in [-0.2, -0.15) is 0 Å². The van der Waals surface area contributed by atoms with Gasteiger partial charge in [-0.15, -0.1) is 5.10 Å². The fourth-order valence-electron chi connectivity index (χ4n) is 3.24. The predicted octanol–water partition coefficient (Wildman–Crippen LogP) is 3.90. The average molecular weight is 419 g/mol. The molecule has 0 bridgehead atoms. The zero-order valence-electron chi connectivity index (χ0n) is 18.0. The van der Waals surface area contributed by atoms with E-state index in [0.717, 1.165) is 17.1 Å². The van der Waals surface area contributed by atoms with Crippen molar-refractivity contribution in [3.05, 3.63) is 48.5 Å². The summed E-state index contributed by atoms with van der Waals surface area (Å²) >= 11 is 0. The standard InChI is InChI=1S/C22H23N6O3/c1-13(2)17-11-28(27-26-17)15-8-6-7-14(9-15)25-22-19-16(23-12-24-22)10-18(29-3)20(30-4)21(19)31-5/h6-7,9-13H,1-5H3,(H,23,24,25). The van der Waals surface area contributed by atoms with Crippen LogP contribution in [0.5, 0.6) is 17.2 Å². The molecule has 0 amide bonds. The second kappa shape index (κ2) is 8.47. The van der Waals surface area contributed by atoms with Gasteiger partial charge in [-0.25, -0.2) is 14.6 Å². The molecule has 0 atom stereocenters. The Kier molecular flexibility index (Phi) is 5.57. The molecular formula is C22H23N6O3. The molecule has 0 spiro atoms. The third-order valence-electron chi connectivity index (χ3n) is 4.83. The van der Waals surface area contributed by atoms with E-state index in [1.54, 1.807) is 32.1 Å². The van der Waals surface area contributed by atoms with Crippen molar-refractivity contribution < 1.29 is 14.2 Å². The monoisotopic (exact) mass is 419 g/mol. The molecule has 0 aliphatic rings. The lowest BCUT2D eigenvalue weighted by Crippen LogP contribution is -2.02. The van der Waals surface area contributed by atoms with Gasteiger partial charge in [0, 0.05) is 17.8 Å². The molecule has 159 valence electrons. The van der Waals surface area contributed by atoms with Gasteiger partial charge in [0.25, 0.3) is 0 Å². The highest BCUT2D eigenvalue weighted by Gasteiger charge is 2.20. The van der Waals surface area contributed by atoms with Crippen LogP contribution in [0, 0.1) is 6.07 Å². The number of nitrogens with one attached hydrogen (secondary N) is 1. The molecule has 31 heavy (non-hydrogen) atoms. The van der Waals surface area contributed by atoms with Crippen molar-refractivity contribution in [3.63, 3.8) is 0 Å². The maximum absolute atomic E-state index is 5.64. The van der Waals surface area contributed by atoms with Crippen LogP contribution in [0.2, 0.25) is 0 Å². The second-order valence-corrected chi connectivity index (χ2v) is 7.09. The minimum Gasteiger partial charge on any atom is -0.493 e. The molecule has 9 nitrogen and oxygen atoms in total. The Bertz CT molecular complexity index is 1220. The molecule has 1 N–H and O–H groups in total. The molecule has 2 aromatic heterocycles. The summed E-state index contributed by atoms with van der Waals surface area (Å²) in [5.41, 5.74) is 3.13. The fraction of sp³-hybridized carbons (Fsp3) is 0.273. The molecule has 4 aromatic rings. The van der Waals surface area contributed by atoms with Crippen LogP contribution in [0.15, 0.2) is 36.8 Å². The molecule has 2 heterocycles. The van der Waals surface area contributed by atoms with E-state index in [1.807, 2.05) is 24.4 Å². The molecule has 0 aliphatic heterocycles. The third-order valence-corrected chi connectivity index (χ3v) is 4.83. The largest absolute Gasteiger partial charge is 0.493 e. The summed E-state index contributed by atoms with van der Waals surface area (Å²) in [6.45, 7) is 4.15. The van der Waals surface area contributed by atoms with E-state index in [0.29, 0.717) is 39.9 Å². The predicted molar refractivity (Wildman–Crippen MR) is 117 cm³/mol. The van der Waals surface area contributed by atoms with Gasteiger partial charge >= 0.3 is 0 Å². The number of methoxy groups -OCH3 is 3. The summed E-state index contributed by atoms with van der Waals surface area (Å²) in [6, 6.07) is 10.6. The molecule has 2 aromatic carbocycles. The topological polar surface area (TPSA) is 96.2 Å². The fourth-order valence-corrected chi connectivity index (χ4v) is 3.24. The number of benzene rings is 2. The van der Waals surface area contributed by atoms with Crippen LogP contribution in [0.25, 0.3) is 16.6 Å². The Morgan fingerprint density at radius 2 is 1.84 bits per heavy atom. The van der Waals surface area contributed by atoms with E-state index >= 15 is 0 Å². The maximum Gasteiger partial charge on any atom is 0.204 e. The Hall–Kier alpha value is -3.88. The first-order valence-electron chi connectivity index (χ1n) is 9.70. The van der Waals surface area contributed by atoms with Crippen molar-refractivity contribution in [1.82, 2.24) is 25.0 Å². The minimum atomic E-state index is 0.293. The molecule has 9 heteroatoms. The number of aromatic nitrogens is 5. The summed E-state index contributed by atoms with van der Waals surface area (Å²) < 4.78 is 18.3. The van der Waals surface area contributed by atoms with Gasteiger partial charge in [0.2, 0.25) is 5.75 Å². The summed E-state index contributed by atoms with van der Waals surface area (Å²) in [6.07, 6.45) is 3.39. The molecule has 4 rings (SSSR count). The smallest absolute Gasteiger partial charge is 0.204 e.